The van der Waals surface area contributed by atoms with Crippen LogP contribution in [-0.2, 0) is 171 Å². The maximum absolute atomic E-state index is 10.9. The number of aliphatic hydroxyl groups is 2. The summed E-state index contributed by atoms with van der Waals surface area (Å²) < 4.78 is 245. The molecule has 1 heterocycles. The molecule has 113 heavy (non-hydrogen) atoms. The van der Waals surface area contributed by atoms with Gasteiger partial charge in [-0.2, -0.15) is 0 Å². The van der Waals surface area contributed by atoms with E-state index < -0.39 is 116 Å². The van der Waals surface area contributed by atoms with Gasteiger partial charge >= 0.3 is 29.6 Å². The third-order valence-electron chi connectivity index (χ3n) is 11.6. The fraction of sp³-hybridized carbons (Fsp3) is 0.439. The van der Waals surface area contributed by atoms with Crippen LogP contribution in [0.25, 0.3) is 0 Å². The Labute approximate surface area is 707 Å². The molecule has 1 aliphatic heterocycles. The van der Waals surface area contributed by atoms with Crippen LogP contribution in [0.5, 0.6) is 0 Å². The van der Waals surface area contributed by atoms with E-state index in [4.69, 9.17) is 63.4 Å². The molecule has 0 aromatic heterocycles. The van der Waals surface area contributed by atoms with Crippen molar-refractivity contribution < 1.29 is 158 Å². The number of sulfone groups is 3. The largest absolute Gasteiger partial charge is 1.00 e. The summed E-state index contributed by atoms with van der Waals surface area (Å²) in [5.41, 5.74) is 6.05. The van der Waals surface area contributed by atoms with Gasteiger partial charge in [0.25, 0.3) is 0 Å². The molecule has 0 amide bonds. The van der Waals surface area contributed by atoms with Crippen molar-refractivity contribution in [2.45, 2.75) is 47.1 Å². The standard InChI is InChI=1S/2C10H14O3S.C9H11ClO3S.C9H13NO3S.2C9H12O4S.C4H9NO2S.C3H8O3S.C2H7NO3S.CH4.Cl2OS.H3N.Na/c2*1-14(11,12)8-7-13-9-10-5-3-2-4-6-10;4*10-14(11,12)7-6-13-8-9-4-2-1-3-5-9;1-8(6)3-2-7-4-5-8;1-7(5,6)3-2-4;3-7(5,6)2-1-4;;1-4(2)3;;/h2*2-6H,7-9H2,1H3;1-5H,6-8H2;1-5H,6-8H2,(H2,10,11,12);2*1-5H,6-8H2,(H,10,11,12);1-4H2,(H,5,6);4H,2-3H2,1H3;4H,1-2H2,(H2,3,5,6);1H4;;1H3;/q;;;;;;;;;;;;+1/p-2. The molecule has 1 aliphatic rings. The molecule has 6 aromatic carbocycles. The Balaban J connectivity index is -0.000000285. The summed E-state index contributed by atoms with van der Waals surface area (Å²) in [7, 11) is -16.9. The topological polar surface area (TPSA) is 558 Å². The van der Waals surface area contributed by atoms with Gasteiger partial charge in [0.2, 0.25) is 38.3 Å². The van der Waals surface area contributed by atoms with Gasteiger partial charge < -0.3 is 58.6 Å². The molecule has 1 fully saturated rings. The first-order valence-electron chi connectivity index (χ1n) is 31.7. The average molecular weight is 1870 g/mol. The first-order chi connectivity index (χ1) is 51.0. The summed E-state index contributed by atoms with van der Waals surface area (Å²) in [6.07, 6.45) is 3.50. The number of aliphatic hydroxyl groups excluding tert-OH is 2. The molecule has 6 aromatic rings. The van der Waals surface area contributed by atoms with E-state index in [-0.39, 0.29) is 124 Å². The van der Waals surface area contributed by atoms with Crippen LogP contribution >= 0.6 is 32.0 Å². The van der Waals surface area contributed by atoms with Crippen LogP contribution in [0.2, 0.25) is 0 Å². The second-order valence-electron chi connectivity index (χ2n) is 22.0. The van der Waals surface area contributed by atoms with Crippen molar-refractivity contribution in [2.75, 3.05) is 137 Å². The normalized spacial score (nSPS) is 13.1. The van der Waals surface area contributed by atoms with Crippen molar-refractivity contribution in [3.05, 3.63) is 215 Å². The molecule has 0 spiro atoms. The minimum Gasteiger partial charge on any atom is -0.748 e. The van der Waals surface area contributed by atoms with Gasteiger partial charge in [-0.25, -0.2) is 86.6 Å². The van der Waals surface area contributed by atoms with Gasteiger partial charge in [-0.15, -0.1) is 0 Å². The number of rotatable bonds is 34. The van der Waals surface area contributed by atoms with Crippen LogP contribution in [0, 0.1) is 0 Å². The fourth-order valence-electron chi connectivity index (χ4n) is 6.44. The summed E-state index contributed by atoms with van der Waals surface area (Å²) in [4.78, 5) is 0. The van der Waals surface area contributed by atoms with Gasteiger partial charge in [0.15, 0.2) is 0 Å². The smallest absolute Gasteiger partial charge is 0.748 e. The maximum atomic E-state index is 10.9. The molecule has 1 atom stereocenters. The Morgan fingerprint density at radius 3 is 0.788 bits per heavy atom. The van der Waals surface area contributed by atoms with Gasteiger partial charge in [0.05, 0.1) is 171 Å². The van der Waals surface area contributed by atoms with E-state index in [0.717, 1.165) is 39.6 Å². The SMILES string of the molecule is C.C=S1(=O)CCOCN1.CS(=O)(=O)CCO.CS(=O)(=O)CCOCc1ccccc1.CS(=O)(=O)CCOCc1ccccc1.N.NS(=O)(=O)CCO.NS(=O)(=O)CCOCc1ccccc1.O=S(=O)(Cl)CCOCc1ccccc1.O=S(=O)([O-])CCOCc1ccccc1.O=S(=O)([O-])CCOCc1ccccc1.O=S(Cl)Cl.[Na+]. The van der Waals surface area contributed by atoms with E-state index in [1.807, 2.05) is 182 Å². The van der Waals surface area contributed by atoms with Crippen LogP contribution in [0.15, 0.2) is 182 Å². The molecule has 10 N–H and O–H groups in total. The number of hydrogen-bond acceptors (Lipinski definition) is 30. The van der Waals surface area contributed by atoms with Crippen molar-refractivity contribution in [1.29, 1.82) is 0 Å². The molecule has 47 heteroatoms. The molecule has 1 saturated heterocycles. The second kappa shape index (κ2) is 69.2. The van der Waals surface area contributed by atoms with Crippen LogP contribution < -0.4 is 50.7 Å². The van der Waals surface area contributed by atoms with Crippen molar-refractivity contribution >= 4 is 136 Å². The van der Waals surface area contributed by atoms with Gasteiger partial charge in [-0.1, -0.05) is 189 Å². The summed E-state index contributed by atoms with van der Waals surface area (Å²) in [6.45, 7) is 3.34. The van der Waals surface area contributed by atoms with E-state index in [1.165, 1.54) is 12.5 Å². The Bertz CT molecular complexity index is 3820. The third-order valence-corrected chi connectivity index (χ3v) is 19.8. The number of hydrogen-bond donors (Lipinski definition) is 6. The number of halogens is 3. The van der Waals surface area contributed by atoms with Gasteiger partial charge in [0, 0.05) is 60.5 Å². The zero-order valence-electron chi connectivity index (χ0n) is 62.2. The first-order valence-corrected chi connectivity index (χ1v) is 51.6. The van der Waals surface area contributed by atoms with E-state index in [9.17, 15) is 80.7 Å². The molecule has 0 aliphatic carbocycles. The van der Waals surface area contributed by atoms with E-state index in [0.29, 0.717) is 58.7 Å². The molecule has 7 rings (SSSR count). The monoisotopic (exact) mass is 1870 g/mol. The quantitative estimate of drug-likeness (QED) is 0.0110. The number of benzene rings is 6. The predicted molar refractivity (Wildman–Crippen MR) is 440 cm³/mol. The molecule has 1 unspecified atom stereocenters. The number of nitrogens with one attached hydrogen (secondary N) is 1. The van der Waals surface area contributed by atoms with Gasteiger partial charge in [-0.3, -0.25) is 4.21 Å². The van der Waals surface area contributed by atoms with Crippen LogP contribution in [0.3, 0.4) is 0 Å². The van der Waals surface area contributed by atoms with Gasteiger partial charge in [0.1, 0.15) is 36.2 Å². The van der Waals surface area contributed by atoms with Crippen LogP contribution in [0.4, 0.5) is 0 Å². The molecular weight excluding hydrogens is 1760 g/mol. The Kier molecular flexibility index (Phi) is 73.6. The minimum absolute atomic E-state index is 0. The molecule has 646 valence electrons. The zero-order chi connectivity index (χ0) is 84.1. The minimum atomic E-state index is -4.15. The van der Waals surface area contributed by atoms with E-state index >= 15 is 0 Å². The molecule has 0 bridgehead atoms. The summed E-state index contributed by atoms with van der Waals surface area (Å²) in [5.74, 6) is 2.45. The average Bonchev–Trinajstić information content (AvgIpc) is 0.932. The van der Waals surface area contributed by atoms with Gasteiger partial charge in [-0.05, 0) is 39.3 Å². The summed E-state index contributed by atoms with van der Waals surface area (Å²) in [5, 5.41) is 25.2. The van der Waals surface area contributed by atoms with Crippen molar-refractivity contribution in [3.63, 3.8) is 0 Å². The van der Waals surface area contributed by atoms with Crippen LogP contribution in [-0.4, -0.2) is 238 Å². The Hall–Kier alpha value is -3.64. The first kappa shape index (κ1) is 120. The molecular formula is C66H105Cl3N4NaO29S10-. The molecule has 33 nitrogen and oxygen atoms in total. The van der Waals surface area contributed by atoms with Crippen LogP contribution in [0.1, 0.15) is 40.8 Å². The Morgan fingerprint density at radius 1 is 0.434 bits per heavy atom. The maximum Gasteiger partial charge on any atom is 1.00 e. The second-order valence-corrected chi connectivity index (χ2v) is 43.0. The molecule has 0 radical (unpaired) electrons. The summed E-state index contributed by atoms with van der Waals surface area (Å²) >= 11 is 0. The number of nitrogens with two attached hydrogens (primary N) is 2. The number of sulfonamides is 2. The third kappa shape index (κ3) is 101. The molecule has 0 saturated carbocycles. The van der Waals surface area contributed by atoms with E-state index in [2.05, 4.69) is 37.1 Å². The van der Waals surface area contributed by atoms with Crippen molar-refractivity contribution in [2.24, 2.45) is 10.3 Å². The van der Waals surface area contributed by atoms with E-state index in [1.54, 1.807) is 0 Å². The predicted octanol–water partition coefficient (Wildman–Crippen LogP) is 1.59. The van der Waals surface area contributed by atoms with Crippen molar-refractivity contribution in [1.82, 2.24) is 10.9 Å². The zero-order valence-corrected chi connectivity index (χ0v) is 74.6. The number of primary sulfonamides is 2. The number of ether oxygens (including phenoxy) is 7. The van der Waals surface area contributed by atoms with Crippen molar-refractivity contribution in [3.8, 4) is 0 Å². The Morgan fingerprint density at radius 2 is 0.646 bits per heavy atom. The summed E-state index contributed by atoms with van der Waals surface area (Å²) in [6, 6.07) is 57.1. The fourth-order valence-corrected chi connectivity index (χ4v) is 10.2.